The van der Waals surface area contributed by atoms with E-state index in [0.29, 0.717) is 23.3 Å². The lowest BCUT2D eigenvalue weighted by atomic mass is 9.57. The standard InChI is InChI=1S/C27H38N2O/c1-3-28-25-12-7-11-24(18-25)27-14-8-13-26(21(27)2)29(16-15-27)19-23(20-30)17-22-9-5-4-6-10-22/h4-7,9-12,18,21,23,26,28,30H,3,8,13-17,19-20H2,1-2H3/t21?,23?,26-,27?/m1/s1. The van der Waals surface area contributed by atoms with E-state index in [1.54, 1.807) is 0 Å². The molecule has 2 bridgehead atoms. The number of rotatable bonds is 8. The highest BCUT2D eigenvalue weighted by molar-refractivity contribution is 5.48. The van der Waals surface area contributed by atoms with Crippen molar-refractivity contribution in [3.63, 3.8) is 0 Å². The summed E-state index contributed by atoms with van der Waals surface area (Å²) in [5, 5.41) is 13.6. The quantitative estimate of drug-likeness (QED) is 0.640. The highest BCUT2D eigenvalue weighted by Crippen LogP contribution is 2.51. The molecule has 1 heterocycles. The number of fused-ring (bicyclic) bond motifs is 2. The summed E-state index contributed by atoms with van der Waals surface area (Å²) < 4.78 is 0. The summed E-state index contributed by atoms with van der Waals surface area (Å²) in [7, 11) is 0. The minimum Gasteiger partial charge on any atom is -0.396 e. The van der Waals surface area contributed by atoms with Crippen molar-refractivity contribution in [1.29, 1.82) is 0 Å². The number of piperidine rings is 1. The summed E-state index contributed by atoms with van der Waals surface area (Å²) in [5.74, 6) is 0.957. The molecule has 2 N–H and O–H groups in total. The van der Waals surface area contributed by atoms with Crippen LogP contribution in [0.2, 0.25) is 0 Å². The molecule has 0 spiro atoms. The molecule has 1 saturated carbocycles. The third kappa shape index (κ3) is 4.29. The van der Waals surface area contributed by atoms with Gasteiger partial charge in [0.15, 0.2) is 0 Å². The maximum atomic E-state index is 10.1. The molecule has 3 heteroatoms. The minimum absolute atomic E-state index is 0.266. The number of likely N-dealkylation sites (tertiary alicyclic amines) is 1. The molecule has 162 valence electrons. The maximum absolute atomic E-state index is 10.1. The molecule has 3 unspecified atom stereocenters. The van der Waals surface area contributed by atoms with E-state index in [1.165, 1.54) is 42.5 Å². The second-order valence-electron chi connectivity index (χ2n) is 9.50. The van der Waals surface area contributed by atoms with Gasteiger partial charge in [-0.25, -0.2) is 0 Å². The first-order chi connectivity index (χ1) is 14.7. The number of aliphatic hydroxyl groups is 1. The Morgan fingerprint density at radius 2 is 1.97 bits per heavy atom. The number of benzene rings is 2. The molecule has 1 saturated heterocycles. The zero-order valence-corrected chi connectivity index (χ0v) is 18.7. The molecule has 3 nitrogen and oxygen atoms in total. The van der Waals surface area contributed by atoms with Gasteiger partial charge in [0.05, 0.1) is 0 Å². The van der Waals surface area contributed by atoms with Crippen LogP contribution in [0.1, 0.15) is 50.7 Å². The van der Waals surface area contributed by atoms with Crippen molar-refractivity contribution in [2.24, 2.45) is 11.8 Å². The Balaban J connectivity index is 1.49. The second-order valence-corrected chi connectivity index (χ2v) is 9.50. The molecular formula is C27H38N2O. The highest BCUT2D eigenvalue weighted by atomic mass is 16.3. The third-order valence-corrected chi connectivity index (χ3v) is 7.82. The number of aliphatic hydroxyl groups excluding tert-OH is 1. The lowest BCUT2D eigenvalue weighted by molar-refractivity contribution is -0.0153. The van der Waals surface area contributed by atoms with Crippen molar-refractivity contribution in [3.05, 3.63) is 65.7 Å². The van der Waals surface area contributed by atoms with Crippen molar-refractivity contribution in [2.75, 3.05) is 31.6 Å². The second kappa shape index (κ2) is 9.53. The zero-order valence-electron chi connectivity index (χ0n) is 18.7. The Morgan fingerprint density at radius 3 is 2.73 bits per heavy atom. The van der Waals surface area contributed by atoms with Crippen molar-refractivity contribution in [3.8, 4) is 0 Å². The van der Waals surface area contributed by atoms with E-state index in [9.17, 15) is 5.11 Å². The molecule has 2 aromatic carbocycles. The Labute approximate surface area is 182 Å². The first-order valence-electron chi connectivity index (χ1n) is 11.9. The fourth-order valence-electron chi connectivity index (χ4n) is 6.22. The predicted octanol–water partition coefficient (Wildman–Crippen LogP) is 5.10. The molecule has 0 radical (unpaired) electrons. The van der Waals surface area contributed by atoms with Crippen LogP contribution < -0.4 is 5.32 Å². The van der Waals surface area contributed by atoms with Crippen LogP contribution in [0, 0.1) is 11.8 Å². The Kier molecular flexibility index (Phi) is 6.80. The lowest BCUT2D eigenvalue weighted by Crippen LogP contribution is -2.58. The molecule has 0 amide bonds. The minimum atomic E-state index is 0.266. The van der Waals surface area contributed by atoms with Crippen LogP contribution in [-0.4, -0.2) is 42.3 Å². The highest BCUT2D eigenvalue weighted by Gasteiger charge is 2.49. The number of nitrogens with zero attached hydrogens (tertiary/aromatic N) is 1. The van der Waals surface area contributed by atoms with E-state index < -0.39 is 0 Å². The van der Waals surface area contributed by atoms with Gasteiger partial charge in [-0.3, -0.25) is 4.90 Å². The summed E-state index contributed by atoms with van der Waals surface area (Å²) in [5.41, 5.74) is 4.42. The average Bonchev–Trinajstić information content (AvgIpc) is 2.76. The smallest absolute Gasteiger partial charge is 0.0474 e. The van der Waals surface area contributed by atoms with Gasteiger partial charge in [-0.05, 0) is 74.2 Å². The Bertz CT molecular complexity index is 808. The van der Waals surface area contributed by atoms with Crippen LogP contribution in [0.15, 0.2) is 54.6 Å². The summed E-state index contributed by atoms with van der Waals surface area (Å²) in [6.07, 6.45) is 6.09. The van der Waals surface area contributed by atoms with E-state index in [4.69, 9.17) is 0 Å². The fourth-order valence-corrected chi connectivity index (χ4v) is 6.22. The van der Waals surface area contributed by atoms with Crippen LogP contribution >= 0.6 is 0 Å². The Hall–Kier alpha value is -1.84. The van der Waals surface area contributed by atoms with Crippen molar-refractivity contribution in [2.45, 2.75) is 57.4 Å². The van der Waals surface area contributed by atoms with Gasteiger partial charge in [0.2, 0.25) is 0 Å². The molecule has 0 aromatic heterocycles. The molecule has 1 aliphatic carbocycles. The molecule has 4 atom stereocenters. The van der Waals surface area contributed by atoms with E-state index in [1.807, 2.05) is 0 Å². The predicted molar refractivity (Wildman–Crippen MR) is 126 cm³/mol. The van der Waals surface area contributed by atoms with Gasteiger partial charge < -0.3 is 10.4 Å². The maximum Gasteiger partial charge on any atom is 0.0474 e. The van der Waals surface area contributed by atoms with E-state index >= 15 is 0 Å². The summed E-state index contributed by atoms with van der Waals surface area (Å²) in [6.45, 7) is 8.03. The van der Waals surface area contributed by atoms with Gasteiger partial charge >= 0.3 is 0 Å². The molecule has 1 aliphatic heterocycles. The van der Waals surface area contributed by atoms with Crippen molar-refractivity contribution in [1.82, 2.24) is 4.90 Å². The summed E-state index contributed by atoms with van der Waals surface area (Å²) in [6, 6.07) is 20.5. The first-order valence-corrected chi connectivity index (χ1v) is 11.9. The number of anilines is 1. The molecular weight excluding hydrogens is 368 g/mol. The van der Waals surface area contributed by atoms with E-state index in [2.05, 4.69) is 78.7 Å². The zero-order chi connectivity index (χ0) is 21.0. The Morgan fingerprint density at radius 1 is 1.13 bits per heavy atom. The van der Waals surface area contributed by atoms with Gasteiger partial charge in [0, 0.05) is 36.8 Å². The number of nitrogens with one attached hydrogen (secondary N) is 1. The lowest BCUT2D eigenvalue weighted by Gasteiger charge is -2.56. The van der Waals surface area contributed by atoms with Gasteiger partial charge in [-0.2, -0.15) is 0 Å². The van der Waals surface area contributed by atoms with Crippen molar-refractivity contribution >= 4 is 5.69 Å². The topological polar surface area (TPSA) is 35.5 Å². The van der Waals surface area contributed by atoms with Crippen LogP contribution in [0.25, 0.3) is 0 Å². The van der Waals surface area contributed by atoms with E-state index in [-0.39, 0.29) is 6.61 Å². The van der Waals surface area contributed by atoms with Gasteiger partial charge in [0.1, 0.15) is 0 Å². The SMILES string of the molecule is CCNc1cccc(C23CCC[C@H](C2C)N(CC(CO)Cc2ccccc2)CC3)c1. The molecule has 2 aromatic rings. The van der Waals surface area contributed by atoms with Crippen LogP contribution in [0.3, 0.4) is 0 Å². The fraction of sp³-hybridized carbons (Fsp3) is 0.556. The van der Waals surface area contributed by atoms with Crippen molar-refractivity contribution < 1.29 is 5.11 Å². The number of hydrogen-bond donors (Lipinski definition) is 2. The summed E-state index contributed by atoms with van der Waals surface area (Å²) in [4.78, 5) is 2.71. The first kappa shape index (κ1) is 21.4. The van der Waals surface area contributed by atoms with E-state index in [0.717, 1.165) is 26.1 Å². The van der Waals surface area contributed by atoms with Gasteiger partial charge in [-0.15, -0.1) is 0 Å². The van der Waals surface area contributed by atoms with Gasteiger partial charge in [-0.1, -0.05) is 55.8 Å². The van der Waals surface area contributed by atoms with Crippen LogP contribution in [0.5, 0.6) is 0 Å². The normalized spacial score (nSPS) is 27.6. The molecule has 2 fully saturated rings. The molecule has 2 aliphatic rings. The van der Waals surface area contributed by atoms with Crippen LogP contribution in [-0.2, 0) is 11.8 Å². The van der Waals surface area contributed by atoms with Crippen LogP contribution in [0.4, 0.5) is 5.69 Å². The monoisotopic (exact) mass is 406 g/mol. The number of hydrogen-bond acceptors (Lipinski definition) is 3. The largest absolute Gasteiger partial charge is 0.396 e. The molecule has 4 rings (SSSR count). The molecule has 30 heavy (non-hydrogen) atoms. The average molecular weight is 407 g/mol. The third-order valence-electron chi connectivity index (χ3n) is 7.82. The summed E-state index contributed by atoms with van der Waals surface area (Å²) >= 11 is 0. The van der Waals surface area contributed by atoms with Gasteiger partial charge in [0.25, 0.3) is 0 Å².